The third-order valence-electron chi connectivity index (χ3n) is 14.8. The van der Waals surface area contributed by atoms with E-state index < -0.39 is 0 Å². The van der Waals surface area contributed by atoms with Gasteiger partial charge in [0.2, 0.25) is 0 Å². The lowest BCUT2D eigenvalue weighted by Crippen LogP contribution is -2.11. The van der Waals surface area contributed by atoms with Crippen molar-refractivity contribution in [2.75, 3.05) is 13.2 Å². The maximum atomic E-state index is 6.38. The Hall–Kier alpha value is -5.47. The van der Waals surface area contributed by atoms with Crippen molar-refractivity contribution in [1.29, 1.82) is 0 Å². The Balaban J connectivity index is 1.16. The fourth-order valence-corrected chi connectivity index (χ4v) is 10.9. The van der Waals surface area contributed by atoms with Gasteiger partial charge in [0.1, 0.15) is 17.1 Å². The molecule has 0 heterocycles. The molecule has 0 aliphatic rings. The van der Waals surface area contributed by atoms with Crippen LogP contribution in [0.4, 0.5) is 0 Å². The first-order valence-electron chi connectivity index (χ1n) is 26.3. The summed E-state index contributed by atoms with van der Waals surface area (Å²) in [4.78, 5) is 0. The van der Waals surface area contributed by atoms with Gasteiger partial charge in [0.25, 0.3) is 0 Å². The van der Waals surface area contributed by atoms with Gasteiger partial charge in [-0.15, -0.1) is 0 Å². The predicted molar refractivity (Wildman–Crippen MR) is 293 cm³/mol. The van der Waals surface area contributed by atoms with Gasteiger partial charge in [-0.2, -0.15) is 0 Å². The topological polar surface area (TPSA) is 18.5 Å². The van der Waals surface area contributed by atoms with Crippen LogP contribution in [-0.2, 0) is 5.41 Å². The summed E-state index contributed by atoms with van der Waals surface area (Å²) in [6, 6.07) is 42.3. The van der Waals surface area contributed by atoms with Gasteiger partial charge in [0, 0.05) is 41.3 Å². The SMILES string of the molecule is CCCCCCCCCCOc1ccc(-c2cc3cc(C(C)(C)C)cc4cc(-c5ccc(OCCCCCCCCCC)cc5)c5c6ccc7cc([C+](C)C)cc8ccc(c2c5c34)c6c87)cc1. The van der Waals surface area contributed by atoms with Gasteiger partial charge in [-0.25, -0.2) is 0 Å². The van der Waals surface area contributed by atoms with Crippen LogP contribution in [0.1, 0.15) is 162 Å². The lowest BCUT2D eigenvalue weighted by atomic mass is 9.78. The number of hydrogen-bond acceptors (Lipinski definition) is 2. The minimum Gasteiger partial charge on any atom is -0.494 e. The number of rotatable bonds is 23. The molecule has 0 aliphatic carbocycles. The highest BCUT2D eigenvalue weighted by atomic mass is 16.5. The number of hydrogen-bond donors (Lipinski definition) is 0. The van der Waals surface area contributed by atoms with Crippen LogP contribution >= 0.6 is 0 Å². The molecular formula is C65H75O2+. The summed E-state index contributed by atoms with van der Waals surface area (Å²) in [6.07, 6.45) is 20.8. The first-order valence-corrected chi connectivity index (χ1v) is 26.3. The zero-order valence-corrected chi connectivity index (χ0v) is 41.9. The summed E-state index contributed by atoms with van der Waals surface area (Å²) in [7, 11) is 0. The second-order valence-electron chi connectivity index (χ2n) is 21.1. The number of unbranched alkanes of at least 4 members (excludes halogenated alkanes) is 14. The second kappa shape index (κ2) is 20.8. The fraction of sp³-hybridized carbons (Fsp3) is 0.400. The summed E-state index contributed by atoms with van der Waals surface area (Å²) in [5.41, 5.74) is 7.63. The maximum absolute atomic E-state index is 6.38. The zero-order chi connectivity index (χ0) is 46.5. The van der Waals surface area contributed by atoms with Crippen LogP contribution in [0.25, 0.3) is 86.9 Å². The van der Waals surface area contributed by atoms with E-state index in [1.54, 1.807) is 0 Å². The van der Waals surface area contributed by atoms with E-state index >= 15 is 0 Å². The minimum atomic E-state index is -0.0171. The largest absolute Gasteiger partial charge is 0.494 e. The molecule has 0 aliphatic heterocycles. The van der Waals surface area contributed by atoms with Crippen molar-refractivity contribution in [3.63, 3.8) is 0 Å². The molecule has 0 radical (unpaired) electrons. The molecular weight excluding hydrogens is 813 g/mol. The van der Waals surface area contributed by atoms with E-state index in [1.165, 1.54) is 194 Å². The van der Waals surface area contributed by atoms with E-state index in [9.17, 15) is 0 Å². The molecule has 0 atom stereocenters. The van der Waals surface area contributed by atoms with Crippen LogP contribution in [0, 0.1) is 5.92 Å². The lowest BCUT2D eigenvalue weighted by molar-refractivity contribution is 0.304. The molecule has 346 valence electrons. The first kappa shape index (κ1) is 46.6. The van der Waals surface area contributed by atoms with Gasteiger partial charge in [0.15, 0.2) is 0 Å². The summed E-state index contributed by atoms with van der Waals surface area (Å²) < 4.78 is 12.8. The molecule has 0 saturated carbocycles. The fourth-order valence-electron chi connectivity index (χ4n) is 10.9. The smallest absolute Gasteiger partial charge is 0.133 e. The number of ether oxygens (including phenoxy) is 2. The Kier molecular flexibility index (Phi) is 14.5. The summed E-state index contributed by atoms with van der Waals surface area (Å²) in [6.45, 7) is 17.6. The molecule has 9 rings (SSSR count). The maximum Gasteiger partial charge on any atom is 0.133 e. The van der Waals surface area contributed by atoms with E-state index in [-0.39, 0.29) is 5.41 Å². The highest BCUT2D eigenvalue weighted by Gasteiger charge is 2.26. The normalized spacial score (nSPS) is 12.3. The van der Waals surface area contributed by atoms with E-state index in [0.29, 0.717) is 0 Å². The Morgan fingerprint density at radius 1 is 0.388 bits per heavy atom. The molecule has 0 aromatic heterocycles. The van der Waals surface area contributed by atoms with Crippen molar-refractivity contribution in [3.8, 4) is 33.8 Å². The van der Waals surface area contributed by atoms with E-state index in [1.807, 2.05) is 0 Å². The van der Waals surface area contributed by atoms with Crippen LogP contribution in [0.2, 0.25) is 0 Å². The summed E-state index contributed by atoms with van der Waals surface area (Å²) in [5, 5.41) is 15.9. The first-order chi connectivity index (χ1) is 32.6. The second-order valence-corrected chi connectivity index (χ2v) is 21.1. The molecule has 67 heavy (non-hydrogen) atoms. The average molecular weight is 888 g/mol. The molecule has 0 amide bonds. The summed E-state index contributed by atoms with van der Waals surface area (Å²) >= 11 is 0. The van der Waals surface area contributed by atoms with Crippen LogP contribution in [0.5, 0.6) is 11.5 Å². The van der Waals surface area contributed by atoms with E-state index in [2.05, 4.69) is 158 Å². The lowest BCUT2D eigenvalue weighted by Gasteiger charge is -2.25. The van der Waals surface area contributed by atoms with Gasteiger partial charge in [-0.1, -0.05) is 173 Å². The number of fused-ring (bicyclic) bond motifs is 2. The standard InChI is InChI=1S/C65H75O2/c1-8-10-12-14-16-18-20-22-36-66-53-30-24-45(25-31-53)57-42-50-40-52(65(5,6)7)41-51-43-58(46-26-32-54(33-27-46)67-37-23-21-19-17-15-13-11-9-2)63-56-35-29-48-39-49(44(3)4)38-47-28-34-55(61(56)59(47)48)62(57)64(63)60(50)51/h24-35,38-43H,8-23,36-37H2,1-7H3/q+1. The van der Waals surface area contributed by atoms with Crippen LogP contribution in [0.15, 0.2) is 109 Å². The van der Waals surface area contributed by atoms with Crippen molar-refractivity contribution in [1.82, 2.24) is 0 Å². The molecule has 9 aromatic rings. The zero-order valence-electron chi connectivity index (χ0n) is 41.9. The molecule has 0 saturated heterocycles. The minimum absolute atomic E-state index is 0.0171. The molecule has 0 bridgehead atoms. The highest BCUT2D eigenvalue weighted by Crippen LogP contribution is 2.52. The van der Waals surface area contributed by atoms with Crippen molar-refractivity contribution in [2.24, 2.45) is 0 Å². The van der Waals surface area contributed by atoms with Gasteiger partial charge in [-0.3, -0.25) is 0 Å². The third kappa shape index (κ3) is 9.93. The quantitative estimate of drug-likeness (QED) is 0.0276. The Bertz CT molecular complexity index is 2850. The van der Waals surface area contributed by atoms with Gasteiger partial charge >= 0.3 is 0 Å². The number of benzene rings is 9. The molecule has 0 unspecified atom stereocenters. The van der Waals surface area contributed by atoms with Crippen molar-refractivity contribution in [2.45, 2.75) is 157 Å². The van der Waals surface area contributed by atoms with Crippen LogP contribution < -0.4 is 9.47 Å². The molecule has 0 N–H and O–H groups in total. The molecule has 2 heteroatoms. The van der Waals surface area contributed by atoms with Gasteiger partial charge < -0.3 is 9.47 Å². The highest BCUT2D eigenvalue weighted by molar-refractivity contribution is 6.43. The van der Waals surface area contributed by atoms with Crippen LogP contribution in [-0.4, -0.2) is 13.2 Å². The molecule has 0 fully saturated rings. The molecule has 2 nitrogen and oxygen atoms in total. The molecule has 0 spiro atoms. The Morgan fingerprint density at radius 3 is 1.19 bits per heavy atom. The van der Waals surface area contributed by atoms with Crippen molar-refractivity contribution >= 4 is 64.6 Å². The third-order valence-corrected chi connectivity index (χ3v) is 14.8. The average Bonchev–Trinajstić information content (AvgIpc) is 3.33. The van der Waals surface area contributed by atoms with Gasteiger partial charge in [-0.05, 0) is 138 Å². The Labute approximate surface area is 402 Å². The van der Waals surface area contributed by atoms with Crippen molar-refractivity contribution in [3.05, 3.63) is 126 Å². The monoisotopic (exact) mass is 888 g/mol. The summed E-state index contributed by atoms with van der Waals surface area (Å²) in [5.74, 6) is 3.24. The van der Waals surface area contributed by atoms with E-state index in [0.717, 1.165) is 37.6 Å². The van der Waals surface area contributed by atoms with Crippen molar-refractivity contribution < 1.29 is 9.47 Å². The van der Waals surface area contributed by atoms with Crippen LogP contribution in [0.3, 0.4) is 0 Å². The molecule has 9 aromatic carbocycles. The van der Waals surface area contributed by atoms with E-state index in [4.69, 9.17) is 9.47 Å². The predicted octanol–water partition coefficient (Wildman–Crippen LogP) is 20.1. The Morgan fingerprint density at radius 2 is 0.791 bits per heavy atom. The van der Waals surface area contributed by atoms with Gasteiger partial charge in [0.05, 0.1) is 25.3 Å².